The number of carbonyl (C=O) groups is 1. The van der Waals surface area contributed by atoms with Gasteiger partial charge in [0.2, 0.25) is 0 Å². The lowest BCUT2D eigenvalue weighted by Crippen LogP contribution is -2.31. The molecule has 0 saturated heterocycles. The molecule has 1 amide bonds. The van der Waals surface area contributed by atoms with Crippen molar-refractivity contribution in [2.75, 3.05) is 0 Å². The molecule has 0 fully saturated rings. The summed E-state index contributed by atoms with van der Waals surface area (Å²) >= 11 is 1.36. The molecule has 0 aliphatic carbocycles. The highest BCUT2D eigenvalue weighted by molar-refractivity contribution is 7.11. The zero-order valence-electron chi connectivity index (χ0n) is 7.20. The Hall–Kier alpha value is -0.900. The van der Waals surface area contributed by atoms with E-state index in [-0.39, 0.29) is 11.9 Å². The highest BCUT2D eigenvalue weighted by atomic mass is 32.1. The van der Waals surface area contributed by atoms with Crippen molar-refractivity contribution in [2.24, 2.45) is 0 Å². The summed E-state index contributed by atoms with van der Waals surface area (Å²) in [6.45, 7) is 4.01. The molecular weight excluding hydrogens is 172 g/mol. The van der Waals surface area contributed by atoms with Crippen LogP contribution in [0.5, 0.6) is 0 Å². The van der Waals surface area contributed by atoms with Gasteiger partial charge in [0.15, 0.2) is 5.01 Å². The predicted octanol–water partition coefficient (Wildman–Crippen LogP) is 1.67. The number of hydrogen-bond donors (Lipinski definition) is 1. The normalized spacial score (nSPS) is 12.5. The molecular formula is C8H12N2OS. The number of nitrogens with one attached hydrogen (secondary N) is 1. The maximum atomic E-state index is 11.3. The molecule has 1 aromatic heterocycles. The Balaban J connectivity index is 2.50. The zero-order valence-corrected chi connectivity index (χ0v) is 8.02. The van der Waals surface area contributed by atoms with Crippen molar-refractivity contribution in [3.8, 4) is 0 Å². The van der Waals surface area contributed by atoms with Gasteiger partial charge in [-0.15, -0.1) is 11.3 Å². The fourth-order valence-electron chi connectivity index (χ4n) is 0.723. The van der Waals surface area contributed by atoms with Crippen LogP contribution in [-0.2, 0) is 0 Å². The fourth-order valence-corrected chi connectivity index (χ4v) is 1.26. The van der Waals surface area contributed by atoms with Gasteiger partial charge in [-0.1, -0.05) is 6.92 Å². The molecule has 0 aliphatic heterocycles. The summed E-state index contributed by atoms with van der Waals surface area (Å²) in [6.07, 6.45) is 2.58. The van der Waals surface area contributed by atoms with E-state index in [4.69, 9.17) is 0 Å². The predicted molar refractivity (Wildman–Crippen MR) is 49.3 cm³/mol. The van der Waals surface area contributed by atoms with Crippen LogP contribution in [0.1, 0.15) is 30.1 Å². The van der Waals surface area contributed by atoms with Crippen LogP contribution in [0.2, 0.25) is 0 Å². The lowest BCUT2D eigenvalue weighted by Gasteiger charge is -2.08. The number of amides is 1. The molecule has 1 rings (SSSR count). The van der Waals surface area contributed by atoms with E-state index in [1.807, 2.05) is 13.8 Å². The van der Waals surface area contributed by atoms with E-state index in [9.17, 15) is 4.79 Å². The molecule has 1 N–H and O–H groups in total. The minimum atomic E-state index is -0.0700. The lowest BCUT2D eigenvalue weighted by atomic mass is 10.2. The van der Waals surface area contributed by atoms with Crippen molar-refractivity contribution in [3.05, 3.63) is 16.6 Å². The van der Waals surface area contributed by atoms with Crippen LogP contribution in [-0.4, -0.2) is 16.9 Å². The van der Waals surface area contributed by atoms with Gasteiger partial charge in [-0.2, -0.15) is 0 Å². The molecule has 1 atom stereocenters. The quantitative estimate of drug-likeness (QED) is 0.776. The Kier molecular flexibility index (Phi) is 3.22. The third kappa shape index (κ3) is 2.30. The maximum Gasteiger partial charge on any atom is 0.280 e. The lowest BCUT2D eigenvalue weighted by molar-refractivity contribution is 0.0939. The molecule has 1 heterocycles. The van der Waals surface area contributed by atoms with Crippen LogP contribution in [0.15, 0.2) is 11.6 Å². The molecule has 66 valence electrons. The van der Waals surface area contributed by atoms with Crippen molar-refractivity contribution in [1.82, 2.24) is 10.3 Å². The molecule has 0 bridgehead atoms. The highest BCUT2D eigenvalue weighted by Crippen LogP contribution is 2.03. The van der Waals surface area contributed by atoms with Gasteiger partial charge < -0.3 is 5.32 Å². The van der Waals surface area contributed by atoms with E-state index < -0.39 is 0 Å². The van der Waals surface area contributed by atoms with Crippen LogP contribution in [0.25, 0.3) is 0 Å². The van der Waals surface area contributed by atoms with Gasteiger partial charge in [-0.05, 0) is 13.3 Å². The van der Waals surface area contributed by atoms with E-state index in [2.05, 4.69) is 10.3 Å². The van der Waals surface area contributed by atoms with E-state index in [0.717, 1.165) is 6.42 Å². The molecule has 0 aromatic carbocycles. The second-order valence-corrected chi connectivity index (χ2v) is 3.51. The summed E-state index contributed by atoms with van der Waals surface area (Å²) in [7, 11) is 0. The number of rotatable bonds is 3. The van der Waals surface area contributed by atoms with Gasteiger partial charge in [0.25, 0.3) is 5.91 Å². The largest absolute Gasteiger partial charge is 0.348 e. The number of carbonyl (C=O) groups excluding carboxylic acids is 1. The first-order valence-corrected chi connectivity index (χ1v) is 4.82. The summed E-state index contributed by atoms with van der Waals surface area (Å²) in [5.74, 6) is -0.0700. The number of nitrogens with zero attached hydrogens (tertiary/aromatic N) is 1. The topological polar surface area (TPSA) is 42.0 Å². The second kappa shape index (κ2) is 4.21. The summed E-state index contributed by atoms with van der Waals surface area (Å²) in [5.41, 5.74) is 0. The third-order valence-electron chi connectivity index (χ3n) is 1.62. The standard InChI is InChI=1S/C8H12N2OS/c1-3-6(2)10-7(11)8-9-4-5-12-8/h4-6H,3H2,1-2H3,(H,10,11). The summed E-state index contributed by atoms with van der Waals surface area (Å²) in [5, 5.41) is 5.18. The SMILES string of the molecule is CCC(C)NC(=O)c1nccs1. The molecule has 0 radical (unpaired) electrons. The van der Waals surface area contributed by atoms with Crippen LogP contribution < -0.4 is 5.32 Å². The van der Waals surface area contributed by atoms with Crippen molar-refractivity contribution in [1.29, 1.82) is 0 Å². The first kappa shape index (κ1) is 9.19. The van der Waals surface area contributed by atoms with Gasteiger partial charge in [-0.25, -0.2) is 4.98 Å². The maximum absolute atomic E-state index is 11.3. The molecule has 3 nitrogen and oxygen atoms in total. The molecule has 1 aromatic rings. The molecule has 1 unspecified atom stereocenters. The minimum Gasteiger partial charge on any atom is -0.348 e. The number of aromatic nitrogens is 1. The van der Waals surface area contributed by atoms with Crippen LogP contribution >= 0.6 is 11.3 Å². The van der Waals surface area contributed by atoms with Gasteiger partial charge >= 0.3 is 0 Å². The van der Waals surface area contributed by atoms with Crippen molar-refractivity contribution >= 4 is 17.2 Å². The summed E-state index contributed by atoms with van der Waals surface area (Å²) in [6, 6.07) is 0.224. The molecule has 0 aliphatic rings. The average Bonchev–Trinajstić information content (AvgIpc) is 2.56. The van der Waals surface area contributed by atoms with E-state index >= 15 is 0 Å². The van der Waals surface area contributed by atoms with Gasteiger partial charge in [0.1, 0.15) is 0 Å². The molecule has 12 heavy (non-hydrogen) atoms. The minimum absolute atomic E-state index is 0.0700. The molecule has 4 heteroatoms. The first-order valence-electron chi connectivity index (χ1n) is 3.94. The van der Waals surface area contributed by atoms with Gasteiger partial charge in [0, 0.05) is 17.6 Å². The van der Waals surface area contributed by atoms with Crippen molar-refractivity contribution in [3.63, 3.8) is 0 Å². The van der Waals surface area contributed by atoms with Crippen LogP contribution in [0.3, 0.4) is 0 Å². The zero-order chi connectivity index (χ0) is 8.97. The van der Waals surface area contributed by atoms with Gasteiger partial charge in [-0.3, -0.25) is 4.79 Å². The highest BCUT2D eigenvalue weighted by Gasteiger charge is 2.09. The monoisotopic (exact) mass is 184 g/mol. The second-order valence-electron chi connectivity index (χ2n) is 2.62. The molecule has 0 spiro atoms. The third-order valence-corrected chi connectivity index (χ3v) is 2.39. The Morgan fingerprint density at radius 1 is 1.83 bits per heavy atom. The molecule has 0 saturated carbocycles. The Morgan fingerprint density at radius 3 is 3.08 bits per heavy atom. The number of hydrogen-bond acceptors (Lipinski definition) is 3. The van der Waals surface area contributed by atoms with Gasteiger partial charge in [0.05, 0.1) is 0 Å². The Morgan fingerprint density at radius 2 is 2.58 bits per heavy atom. The van der Waals surface area contributed by atoms with Crippen molar-refractivity contribution < 1.29 is 4.79 Å². The number of thiazole rings is 1. The Bertz CT molecular complexity index is 246. The van der Waals surface area contributed by atoms with E-state index in [1.54, 1.807) is 11.6 Å². The van der Waals surface area contributed by atoms with E-state index in [1.165, 1.54) is 11.3 Å². The van der Waals surface area contributed by atoms with Crippen LogP contribution in [0.4, 0.5) is 0 Å². The van der Waals surface area contributed by atoms with E-state index in [0.29, 0.717) is 5.01 Å². The first-order chi connectivity index (χ1) is 5.74. The Labute approximate surface area is 75.8 Å². The van der Waals surface area contributed by atoms with Crippen LogP contribution in [0, 0.1) is 0 Å². The van der Waals surface area contributed by atoms with Crippen molar-refractivity contribution in [2.45, 2.75) is 26.3 Å². The summed E-state index contributed by atoms with van der Waals surface area (Å²) < 4.78 is 0. The average molecular weight is 184 g/mol. The smallest absolute Gasteiger partial charge is 0.280 e. The summed E-state index contributed by atoms with van der Waals surface area (Å²) in [4.78, 5) is 15.2. The fraction of sp³-hybridized carbons (Fsp3) is 0.500.